The van der Waals surface area contributed by atoms with E-state index in [1.165, 1.54) is 12.5 Å². The third kappa shape index (κ3) is 1.92. The Bertz CT molecular complexity index is 388. The highest BCUT2D eigenvalue weighted by Crippen LogP contribution is 2.10. The molecule has 0 atom stereocenters. The van der Waals surface area contributed by atoms with Crippen molar-refractivity contribution in [2.45, 2.75) is 0 Å². The van der Waals surface area contributed by atoms with Crippen molar-refractivity contribution < 1.29 is 14.3 Å². The lowest BCUT2D eigenvalue weighted by atomic mass is 10.4. The normalized spacial score (nSPS) is 8.92. The average Bonchev–Trinajstić information content (AvgIpc) is 2.64. The number of carbonyl (C=O) groups is 2. The lowest BCUT2D eigenvalue weighted by Crippen LogP contribution is -2.02. The van der Waals surface area contributed by atoms with E-state index < -0.39 is 11.8 Å². The number of nitrogens with zero attached hydrogens (tertiary/aromatic N) is 1. The highest BCUT2D eigenvalue weighted by atomic mass is 32.1. The monoisotopic (exact) mass is 195 g/mol. The maximum Gasteiger partial charge on any atom is 0.357 e. The molecule has 0 aromatic carbocycles. The molecule has 13 heavy (non-hydrogen) atoms. The summed E-state index contributed by atoms with van der Waals surface area (Å²) in [5, 5.41) is 1.55. The first-order valence-electron chi connectivity index (χ1n) is 3.24. The van der Waals surface area contributed by atoms with Gasteiger partial charge in [-0.15, -0.1) is 17.8 Å². The summed E-state index contributed by atoms with van der Waals surface area (Å²) in [7, 11) is 1.24. The van der Waals surface area contributed by atoms with Crippen LogP contribution in [0.15, 0.2) is 5.38 Å². The molecule has 1 heterocycles. The van der Waals surface area contributed by atoms with Gasteiger partial charge in [-0.05, 0) is 5.92 Å². The third-order valence-electron chi connectivity index (χ3n) is 1.22. The van der Waals surface area contributed by atoms with Gasteiger partial charge in [0, 0.05) is 5.38 Å². The molecule has 0 amide bonds. The van der Waals surface area contributed by atoms with Crippen LogP contribution in [0.3, 0.4) is 0 Å². The minimum absolute atomic E-state index is 0.103. The van der Waals surface area contributed by atoms with Gasteiger partial charge in [-0.3, -0.25) is 4.79 Å². The number of carbonyl (C=O) groups excluding carboxylic acids is 2. The number of hydrogen-bond acceptors (Lipinski definition) is 5. The molecule has 0 radical (unpaired) electrons. The molecule has 0 aliphatic rings. The van der Waals surface area contributed by atoms with Crippen LogP contribution >= 0.6 is 11.3 Å². The van der Waals surface area contributed by atoms with Gasteiger partial charge in [0.05, 0.1) is 7.11 Å². The number of methoxy groups -OCH3 is 1. The smallest absolute Gasteiger partial charge is 0.357 e. The zero-order valence-electron chi connectivity index (χ0n) is 6.73. The standard InChI is InChI=1S/C8H5NO3S/c1-3-6(10)7-9-5(4-13-7)8(11)12-2/h1,4H,2H3. The highest BCUT2D eigenvalue weighted by molar-refractivity contribution is 7.12. The van der Waals surface area contributed by atoms with Gasteiger partial charge in [-0.2, -0.15) is 0 Å². The second-order valence-corrected chi connectivity index (χ2v) is 2.86. The number of thiazole rings is 1. The van der Waals surface area contributed by atoms with E-state index in [-0.39, 0.29) is 10.7 Å². The molecule has 1 aromatic heterocycles. The van der Waals surface area contributed by atoms with Crippen molar-refractivity contribution in [1.82, 2.24) is 4.98 Å². The first-order valence-corrected chi connectivity index (χ1v) is 4.11. The number of esters is 1. The zero-order chi connectivity index (χ0) is 9.84. The van der Waals surface area contributed by atoms with Gasteiger partial charge in [0.1, 0.15) is 0 Å². The fourth-order valence-electron chi connectivity index (χ4n) is 0.638. The number of ether oxygens (including phenoxy) is 1. The number of Topliss-reactive ketones (excluding diaryl/α,β-unsaturated/α-hetero) is 1. The fraction of sp³-hybridized carbons (Fsp3) is 0.125. The summed E-state index contributed by atoms with van der Waals surface area (Å²) in [5.41, 5.74) is 0.103. The van der Waals surface area contributed by atoms with Gasteiger partial charge in [-0.25, -0.2) is 9.78 Å². The van der Waals surface area contributed by atoms with Crippen LogP contribution in [0.4, 0.5) is 0 Å². The van der Waals surface area contributed by atoms with E-state index >= 15 is 0 Å². The molecule has 5 heteroatoms. The van der Waals surface area contributed by atoms with Crippen LogP contribution in [-0.4, -0.2) is 23.8 Å². The molecule has 0 unspecified atom stereocenters. The minimum Gasteiger partial charge on any atom is -0.464 e. The Balaban J connectivity index is 2.94. The summed E-state index contributed by atoms with van der Waals surface area (Å²) in [6.45, 7) is 0. The predicted octanol–water partition coefficient (Wildman–Crippen LogP) is 0.746. The Morgan fingerprint density at radius 1 is 1.69 bits per heavy atom. The highest BCUT2D eigenvalue weighted by Gasteiger charge is 2.13. The first kappa shape index (κ1) is 9.42. The Kier molecular flexibility index (Phi) is 2.77. The third-order valence-corrected chi connectivity index (χ3v) is 2.07. The van der Waals surface area contributed by atoms with Crippen LogP contribution in [0, 0.1) is 12.3 Å². The van der Waals surface area contributed by atoms with Gasteiger partial charge in [0.2, 0.25) is 0 Å². The van der Waals surface area contributed by atoms with Crippen LogP contribution < -0.4 is 0 Å². The summed E-state index contributed by atoms with van der Waals surface area (Å²) >= 11 is 1.02. The molecule has 0 aliphatic carbocycles. The number of rotatable bonds is 2. The lowest BCUT2D eigenvalue weighted by Gasteiger charge is -1.90. The van der Waals surface area contributed by atoms with Crippen LogP contribution in [0.5, 0.6) is 0 Å². The number of hydrogen-bond donors (Lipinski definition) is 0. The van der Waals surface area contributed by atoms with Crippen molar-refractivity contribution in [1.29, 1.82) is 0 Å². The molecule has 0 saturated carbocycles. The number of aromatic nitrogens is 1. The SMILES string of the molecule is C#CC(=O)c1nc(C(=O)OC)cs1. The van der Waals surface area contributed by atoms with Gasteiger partial charge in [0.15, 0.2) is 10.7 Å². The van der Waals surface area contributed by atoms with E-state index in [0.717, 1.165) is 11.3 Å². The zero-order valence-corrected chi connectivity index (χ0v) is 7.55. The Hall–Kier alpha value is -1.67. The Morgan fingerprint density at radius 2 is 2.38 bits per heavy atom. The molecule has 0 bridgehead atoms. The molecule has 1 aromatic rings. The van der Waals surface area contributed by atoms with E-state index in [1.54, 1.807) is 0 Å². The largest absolute Gasteiger partial charge is 0.464 e. The van der Waals surface area contributed by atoms with E-state index in [9.17, 15) is 9.59 Å². The van der Waals surface area contributed by atoms with Gasteiger partial charge < -0.3 is 4.74 Å². The topological polar surface area (TPSA) is 56.3 Å². The molecule has 0 aliphatic heterocycles. The van der Waals surface area contributed by atoms with Crippen molar-refractivity contribution in [2.75, 3.05) is 7.11 Å². The summed E-state index contributed by atoms with van der Waals surface area (Å²) < 4.78 is 4.41. The van der Waals surface area contributed by atoms with Gasteiger partial charge in [-0.1, -0.05) is 0 Å². The van der Waals surface area contributed by atoms with Crippen molar-refractivity contribution in [3.63, 3.8) is 0 Å². The molecular formula is C8H5NO3S. The summed E-state index contributed by atoms with van der Waals surface area (Å²) in [6, 6.07) is 0. The van der Waals surface area contributed by atoms with Crippen LogP contribution in [-0.2, 0) is 4.74 Å². The number of ketones is 1. The van der Waals surface area contributed by atoms with E-state index in [4.69, 9.17) is 6.42 Å². The molecule has 1 rings (SSSR count). The molecular weight excluding hydrogens is 190 g/mol. The summed E-state index contributed by atoms with van der Waals surface area (Å²) in [6.07, 6.45) is 4.87. The molecule has 0 spiro atoms. The molecule has 0 saturated heterocycles. The first-order chi connectivity index (χ1) is 6.19. The summed E-state index contributed by atoms with van der Waals surface area (Å²) in [5.74, 6) is 0.804. The second kappa shape index (κ2) is 3.83. The van der Waals surface area contributed by atoms with Crippen LogP contribution in [0.2, 0.25) is 0 Å². The predicted molar refractivity (Wildman–Crippen MR) is 46.6 cm³/mol. The number of terminal acetylenes is 1. The van der Waals surface area contributed by atoms with Gasteiger partial charge >= 0.3 is 5.97 Å². The van der Waals surface area contributed by atoms with E-state index in [0.29, 0.717) is 0 Å². The molecule has 0 fully saturated rings. The van der Waals surface area contributed by atoms with Crippen molar-refractivity contribution in [3.05, 3.63) is 16.1 Å². The van der Waals surface area contributed by atoms with Crippen molar-refractivity contribution in [2.24, 2.45) is 0 Å². The quantitative estimate of drug-likeness (QED) is 0.302. The van der Waals surface area contributed by atoms with Crippen molar-refractivity contribution in [3.8, 4) is 12.3 Å². The molecule has 0 N–H and O–H groups in total. The van der Waals surface area contributed by atoms with Gasteiger partial charge in [0.25, 0.3) is 5.78 Å². The lowest BCUT2D eigenvalue weighted by molar-refractivity contribution is 0.0595. The maximum atomic E-state index is 10.9. The van der Waals surface area contributed by atoms with E-state index in [1.807, 2.05) is 5.92 Å². The Morgan fingerprint density at radius 3 is 2.92 bits per heavy atom. The fourth-order valence-corrected chi connectivity index (χ4v) is 1.33. The summed E-state index contributed by atoms with van der Waals surface area (Å²) in [4.78, 5) is 25.5. The molecule has 4 nitrogen and oxygen atoms in total. The van der Waals surface area contributed by atoms with E-state index in [2.05, 4.69) is 9.72 Å². The van der Waals surface area contributed by atoms with Crippen molar-refractivity contribution >= 4 is 23.1 Å². The Labute approximate surface area is 78.6 Å². The van der Waals surface area contributed by atoms with Crippen LogP contribution in [0.25, 0.3) is 0 Å². The second-order valence-electron chi connectivity index (χ2n) is 2.00. The average molecular weight is 195 g/mol. The van der Waals surface area contributed by atoms with Crippen LogP contribution in [0.1, 0.15) is 20.3 Å². The maximum absolute atomic E-state index is 10.9. The minimum atomic E-state index is -0.577. The molecule has 66 valence electrons.